The van der Waals surface area contributed by atoms with E-state index < -0.39 is 5.41 Å². The Bertz CT molecular complexity index is 3240. The standard InChI is InChI=1S/C58H41NO/c1-57(2)49-23-12-10-22-46(49)56-52(57)25-15-26-53(56)59(42-31-28-38(29-32-42)39-30-35-55-48(36-39)45-21-11-14-27-54(45)60-55)43-33-34-51-47(37-43)44-20-9-13-24-50(44)58(51,40-16-5-3-6-17-40)41-18-7-4-8-19-41/h3-37H,1-2H3. The van der Waals surface area contributed by atoms with Crippen molar-refractivity contribution in [1.82, 2.24) is 0 Å². The van der Waals surface area contributed by atoms with Crippen LogP contribution >= 0.6 is 0 Å². The Morgan fingerprint density at radius 3 is 1.73 bits per heavy atom. The van der Waals surface area contributed by atoms with Gasteiger partial charge in [-0.2, -0.15) is 0 Å². The Kier molecular flexibility index (Phi) is 7.52. The van der Waals surface area contributed by atoms with E-state index in [9.17, 15) is 0 Å². The first-order chi connectivity index (χ1) is 29.5. The molecule has 0 N–H and O–H groups in total. The van der Waals surface area contributed by atoms with Crippen LogP contribution in [0.4, 0.5) is 17.1 Å². The van der Waals surface area contributed by atoms with Crippen LogP contribution in [0.1, 0.15) is 47.2 Å². The number of rotatable bonds is 6. The Morgan fingerprint density at radius 2 is 0.967 bits per heavy atom. The molecule has 12 rings (SSSR count). The van der Waals surface area contributed by atoms with Crippen LogP contribution in [0.15, 0.2) is 217 Å². The Hall–Kier alpha value is -7.42. The lowest BCUT2D eigenvalue weighted by Crippen LogP contribution is -2.28. The first-order valence-corrected chi connectivity index (χ1v) is 20.9. The molecule has 9 aromatic carbocycles. The van der Waals surface area contributed by atoms with E-state index >= 15 is 0 Å². The van der Waals surface area contributed by atoms with Crippen molar-refractivity contribution in [3.63, 3.8) is 0 Å². The second-order valence-electron chi connectivity index (χ2n) is 16.8. The van der Waals surface area contributed by atoms with E-state index in [2.05, 4.69) is 219 Å². The van der Waals surface area contributed by atoms with E-state index in [-0.39, 0.29) is 5.41 Å². The highest BCUT2D eigenvalue weighted by Crippen LogP contribution is 2.58. The molecule has 1 heterocycles. The number of fused-ring (bicyclic) bond motifs is 9. The van der Waals surface area contributed by atoms with Gasteiger partial charge in [-0.3, -0.25) is 0 Å². The summed E-state index contributed by atoms with van der Waals surface area (Å²) in [6.07, 6.45) is 0. The van der Waals surface area contributed by atoms with Crippen molar-refractivity contribution in [3.8, 4) is 33.4 Å². The number of benzene rings is 9. The molecule has 2 aliphatic rings. The van der Waals surface area contributed by atoms with Crippen LogP contribution in [-0.2, 0) is 10.8 Å². The van der Waals surface area contributed by atoms with E-state index in [0.29, 0.717) is 0 Å². The average Bonchev–Trinajstić information content (AvgIpc) is 3.91. The zero-order valence-electron chi connectivity index (χ0n) is 33.6. The second-order valence-corrected chi connectivity index (χ2v) is 16.8. The highest BCUT2D eigenvalue weighted by atomic mass is 16.3. The summed E-state index contributed by atoms with van der Waals surface area (Å²) in [5.74, 6) is 0. The first kappa shape index (κ1) is 34.6. The fourth-order valence-corrected chi connectivity index (χ4v) is 10.6. The predicted molar refractivity (Wildman–Crippen MR) is 249 cm³/mol. The predicted octanol–water partition coefficient (Wildman–Crippen LogP) is 15.4. The molecular weight excluding hydrogens is 727 g/mol. The van der Waals surface area contributed by atoms with Crippen LogP contribution in [0.2, 0.25) is 0 Å². The molecule has 2 nitrogen and oxygen atoms in total. The minimum absolute atomic E-state index is 0.130. The molecule has 0 atom stereocenters. The van der Waals surface area contributed by atoms with Crippen LogP contribution in [0.5, 0.6) is 0 Å². The number of nitrogens with zero attached hydrogens (tertiary/aromatic N) is 1. The number of hydrogen-bond acceptors (Lipinski definition) is 2. The molecule has 0 bridgehead atoms. The van der Waals surface area contributed by atoms with Crippen molar-refractivity contribution < 1.29 is 4.42 Å². The van der Waals surface area contributed by atoms with Gasteiger partial charge < -0.3 is 9.32 Å². The normalized spacial score (nSPS) is 14.1. The Balaban J connectivity index is 1.07. The molecule has 60 heavy (non-hydrogen) atoms. The lowest BCUT2D eigenvalue weighted by atomic mass is 9.68. The topological polar surface area (TPSA) is 16.4 Å². The van der Waals surface area contributed by atoms with Gasteiger partial charge in [0.05, 0.1) is 11.1 Å². The zero-order chi connectivity index (χ0) is 40.0. The van der Waals surface area contributed by atoms with E-state index in [1.807, 2.05) is 12.1 Å². The van der Waals surface area contributed by atoms with Crippen LogP contribution in [0, 0.1) is 0 Å². The lowest BCUT2D eigenvalue weighted by molar-refractivity contribution is 0.660. The minimum Gasteiger partial charge on any atom is -0.456 e. The summed E-state index contributed by atoms with van der Waals surface area (Å²) in [6, 6.07) is 78.1. The van der Waals surface area contributed by atoms with Crippen LogP contribution in [0.25, 0.3) is 55.3 Å². The molecule has 284 valence electrons. The smallest absolute Gasteiger partial charge is 0.135 e. The van der Waals surface area contributed by atoms with Crippen LogP contribution in [-0.4, -0.2) is 0 Å². The third kappa shape index (κ3) is 4.88. The van der Waals surface area contributed by atoms with E-state index in [1.165, 1.54) is 61.3 Å². The number of furan rings is 1. The maximum Gasteiger partial charge on any atom is 0.135 e. The number of anilines is 3. The number of hydrogen-bond donors (Lipinski definition) is 0. The molecule has 0 aliphatic heterocycles. The molecule has 0 fully saturated rings. The molecule has 0 spiro atoms. The fraction of sp³-hybridized carbons (Fsp3) is 0.0690. The molecule has 0 radical (unpaired) electrons. The monoisotopic (exact) mass is 767 g/mol. The molecule has 1 aromatic heterocycles. The van der Waals surface area contributed by atoms with Crippen molar-refractivity contribution in [1.29, 1.82) is 0 Å². The summed E-state index contributed by atoms with van der Waals surface area (Å²) in [4.78, 5) is 2.49. The van der Waals surface area contributed by atoms with Gasteiger partial charge in [-0.15, -0.1) is 0 Å². The molecule has 10 aromatic rings. The van der Waals surface area contributed by atoms with Gasteiger partial charge in [-0.05, 0) is 110 Å². The van der Waals surface area contributed by atoms with Crippen molar-refractivity contribution in [2.24, 2.45) is 0 Å². The quantitative estimate of drug-likeness (QED) is 0.168. The summed E-state index contributed by atoms with van der Waals surface area (Å²) in [5, 5.41) is 2.27. The van der Waals surface area contributed by atoms with Crippen molar-refractivity contribution >= 4 is 39.0 Å². The van der Waals surface area contributed by atoms with Gasteiger partial charge >= 0.3 is 0 Å². The summed E-state index contributed by atoms with van der Waals surface area (Å²) < 4.78 is 6.18. The van der Waals surface area contributed by atoms with Crippen molar-refractivity contribution in [2.45, 2.75) is 24.7 Å². The van der Waals surface area contributed by atoms with Crippen molar-refractivity contribution in [2.75, 3.05) is 4.90 Å². The van der Waals surface area contributed by atoms with Gasteiger partial charge in [-0.1, -0.05) is 178 Å². The van der Waals surface area contributed by atoms with E-state index in [1.54, 1.807) is 0 Å². The third-order valence-corrected chi connectivity index (χ3v) is 13.4. The Morgan fingerprint density at radius 1 is 0.383 bits per heavy atom. The Labute approximate surface area is 350 Å². The molecule has 2 aliphatic carbocycles. The van der Waals surface area contributed by atoms with E-state index in [0.717, 1.165) is 44.4 Å². The summed E-state index contributed by atoms with van der Waals surface area (Å²) in [6.45, 7) is 4.72. The first-order valence-electron chi connectivity index (χ1n) is 20.9. The molecule has 0 amide bonds. The number of para-hydroxylation sites is 1. The average molecular weight is 768 g/mol. The summed E-state index contributed by atoms with van der Waals surface area (Å²) in [5.41, 5.74) is 19.9. The maximum absolute atomic E-state index is 6.18. The van der Waals surface area contributed by atoms with Crippen LogP contribution < -0.4 is 4.90 Å². The molecular formula is C58H41NO. The molecule has 0 saturated carbocycles. The van der Waals surface area contributed by atoms with Gasteiger partial charge in [0.2, 0.25) is 0 Å². The fourth-order valence-electron chi connectivity index (χ4n) is 10.6. The van der Waals surface area contributed by atoms with Gasteiger partial charge in [-0.25, -0.2) is 0 Å². The van der Waals surface area contributed by atoms with Gasteiger partial charge in [0.1, 0.15) is 11.2 Å². The van der Waals surface area contributed by atoms with Crippen molar-refractivity contribution in [3.05, 3.63) is 246 Å². The SMILES string of the molecule is CC1(C)c2ccccc2-c2c(N(c3ccc(-c4ccc5oc6ccccc6c5c4)cc3)c3ccc4c(c3)-c3ccccc3C4(c3ccccc3)c3ccccc3)cccc21. The van der Waals surface area contributed by atoms with Gasteiger partial charge in [0.15, 0.2) is 0 Å². The van der Waals surface area contributed by atoms with Gasteiger partial charge in [0, 0.05) is 33.1 Å². The second kappa shape index (κ2) is 13.0. The highest BCUT2D eigenvalue weighted by Gasteiger charge is 2.46. The minimum atomic E-state index is -0.460. The van der Waals surface area contributed by atoms with E-state index in [4.69, 9.17) is 4.42 Å². The summed E-state index contributed by atoms with van der Waals surface area (Å²) >= 11 is 0. The molecule has 2 heteroatoms. The highest BCUT2D eigenvalue weighted by molar-refractivity contribution is 6.06. The largest absolute Gasteiger partial charge is 0.456 e. The zero-order valence-corrected chi connectivity index (χ0v) is 33.6. The summed E-state index contributed by atoms with van der Waals surface area (Å²) in [7, 11) is 0. The molecule has 0 unspecified atom stereocenters. The van der Waals surface area contributed by atoms with Gasteiger partial charge in [0.25, 0.3) is 0 Å². The molecule has 0 saturated heterocycles. The maximum atomic E-state index is 6.18. The lowest BCUT2D eigenvalue weighted by Gasteiger charge is -2.34. The third-order valence-electron chi connectivity index (χ3n) is 13.4. The van der Waals surface area contributed by atoms with Crippen LogP contribution in [0.3, 0.4) is 0 Å².